The molecule has 2 rings (SSSR count). The molecule has 0 aliphatic carbocycles. The zero-order chi connectivity index (χ0) is 15.2. The van der Waals surface area contributed by atoms with Gasteiger partial charge in [-0.15, -0.1) is 0 Å². The highest BCUT2D eigenvalue weighted by Crippen LogP contribution is 2.21. The summed E-state index contributed by atoms with van der Waals surface area (Å²) < 4.78 is 11.2. The van der Waals surface area contributed by atoms with E-state index in [-0.39, 0.29) is 6.04 Å². The molecule has 0 aliphatic heterocycles. The van der Waals surface area contributed by atoms with Crippen LogP contribution in [0.1, 0.15) is 29.7 Å². The van der Waals surface area contributed by atoms with Gasteiger partial charge in [0.05, 0.1) is 12.6 Å². The Kier molecular flexibility index (Phi) is 5.23. The average molecular weight is 285 g/mol. The molecule has 0 spiro atoms. The predicted molar refractivity (Wildman–Crippen MR) is 86.0 cm³/mol. The van der Waals surface area contributed by atoms with Crippen molar-refractivity contribution in [2.45, 2.75) is 26.8 Å². The molecule has 2 N–H and O–H groups in total. The average Bonchev–Trinajstić information content (AvgIpc) is 2.46. The molecule has 0 amide bonds. The third-order valence-corrected chi connectivity index (χ3v) is 3.39. The van der Waals surface area contributed by atoms with Crippen molar-refractivity contribution in [2.24, 2.45) is 5.73 Å². The van der Waals surface area contributed by atoms with Crippen LogP contribution < -0.4 is 15.2 Å². The van der Waals surface area contributed by atoms with Gasteiger partial charge in [-0.3, -0.25) is 0 Å². The van der Waals surface area contributed by atoms with Crippen molar-refractivity contribution < 1.29 is 9.47 Å². The molecular weight excluding hydrogens is 262 g/mol. The van der Waals surface area contributed by atoms with Gasteiger partial charge >= 0.3 is 0 Å². The Morgan fingerprint density at radius 2 is 1.57 bits per heavy atom. The first-order chi connectivity index (χ1) is 10.1. The molecular formula is C18H23NO2. The van der Waals surface area contributed by atoms with Crippen LogP contribution in [0.25, 0.3) is 0 Å². The fourth-order valence-electron chi connectivity index (χ4n) is 2.32. The van der Waals surface area contributed by atoms with Crippen LogP contribution in [0, 0.1) is 13.8 Å². The van der Waals surface area contributed by atoms with Gasteiger partial charge < -0.3 is 15.2 Å². The number of nitrogens with two attached hydrogens (primary N) is 1. The van der Waals surface area contributed by atoms with Crippen molar-refractivity contribution in [1.29, 1.82) is 0 Å². The van der Waals surface area contributed by atoms with Crippen LogP contribution >= 0.6 is 0 Å². The summed E-state index contributed by atoms with van der Waals surface area (Å²) in [6.07, 6.45) is 0. The van der Waals surface area contributed by atoms with Gasteiger partial charge in [0.25, 0.3) is 0 Å². The molecule has 0 aliphatic rings. The summed E-state index contributed by atoms with van der Waals surface area (Å²) in [5.74, 6) is 1.65. The lowest BCUT2D eigenvalue weighted by atomic mass is 10.0. The first kappa shape index (κ1) is 15.4. The number of hydrogen-bond acceptors (Lipinski definition) is 3. The fraction of sp³-hybridized carbons (Fsp3) is 0.333. The summed E-state index contributed by atoms with van der Waals surface area (Å²) >= 11 is 0. The molecule has 0 fully saturated rings. The molecule has 21 heavy (non-hydrogen) atoms. The number of rotatable bonds is 6. The lowest BCUT2D eigenvalue weighted by molar-refractivity contribution is 0.289. The van der Waals surface area contributed by atoms with E-state index in [0.29, 0.717) is 13.2 Å². The van der Waals surface area contributed by atoms with Gasteiger partial charge in [-0.25, -0.2) is 0 Å². The molecule has 1 atom stereocenters. The van der Waals surface area contributed by atoms with Crippen LogP contribution in [-0.4, -0.2) is 13.2 Å². The molecule has 0 saturated carbocycles. The molecule has 1 unspecified atom stereocenters. The highest BCUT2D eigenvalue weighted by atomic mass is 16.5. The second-order valence-corrected chi connectivity index (χ2v) is 5.18. The normalized spacial score (nSPS) is 12.0. The maximum Gasteiger partial charge on any atom is 0.119 e. The summed E-state index contributed by atoms with van der Waals surface area (Å²) in [5.41, 5.74) is 9.81. The third-order valence-electron chi connectivity index (χ3n) is 3.39. The SMILES string of the molecule is CCOc1ccc(OCC(N)c2ccc(C)cc2C)cc1. The molecule has 0 bridgehead atoms. The zero-order valence-electron chi connectivity index (χ0n) is 12.9. The topological polar surface area (TPSA) is 44.5 Å². The molecule has 112 valence electrons. The molecule has 2 aromatic carbocycles. The number of benzene rings is 2. The minimum Gasteiger partial charge on any atom is -0.494 e. The number of hydrogen-bond donors (Lipinski definition) is 1. The van der Waals surface area contributed by atoms with Crippen molar-refractivity contribution in [3.05, 3.63) is 59.2 Å². The maximum absolute atomic E-state index is 6.22. The van der Waals surface area contributed by atoms with E-state index in [0.717, 1.165) is 17.1 Å². The van der Waals surface area contributed by atoms with E-state index < -0.39 is 0 Å². The van der Waals surface area contributed by atoms with Crippen LogP contribution in [0.15, 0.2) is 42.5 Å². The zero-order valence-corrected chi connectivity index (χ0v) is 12.9. The second-order valence-electron chi connectivity index (χ2n) is 5.18. The van der Waals surface area contributed by atoms with Crippen LogP contribution in [0.3, 0.4) is 0 Å². The molecule has 2 aromatic rings. The van der Waals surface area contributed by atoms with Crippen molar-refractivity contribution in [1.82, 2.24) is 0 Å². The highest BCUT2D eigenvalue weighted by molar-refractivity contribution is 5.34. The molecule has 0 heterocycles. The Hall–Kier alpha value is -2.00. The van der Waals surface area contributed by atoms with Gasteiger partial charge in [0, 0.05) is 0 Å². The largest absolute Gasteiger partial charge is 0.494 e. The quantitative estimate of drug-likeness (QED) is 0.878. The lowest BCUT2D eigenvalue weighted by Gasteiger charge is -2.16. The van der Waals surface area contributed by atoms with Crippen molar-refractivity contribution in [3.63, 3.8) is 0 Å². The molecule has 3 nitrogen and oxygen atoms in total. The summed E-state index contributed by atoms with van der Waals surface area (Å²) in [6, 6.07) is 13.8. The first-order valence-electron chi connectivity index (χ1n) is 7.28. The molecule has 0 saturated heterocycles. The Balaban J connectivity index is 1.95. The van der Waals surface area contributed by atoms with E-state index in [1.807, 2.05) is 31.2 Å². The van der Waals surface area contributed by atoms with Crippen LogP contribution in [0.2, 0.25) is 0 Å². The Labute approximate surface area is 126 Å². The van der Waals surface area contributed by atoms with Gasteiger partial charge in [0.2, 0.25) is 0 Å². The van der Waals surface area contributed by atoms with E-state index in [1.54, 1.807) is 0 Å². The summed E-state index contributed by atoms with van der Waals surface area (Å²) in [6.45, 7) is 7.25. The first-order valence-corrected chi connectivity index (χ1v) is 7.28. The Morgan fingerprint density at radius 1 is 0.952 bits per heavy atom. The van der Waals surface area contributed by atoms with Crippen LogP contribution in [-0.2, 0) is 0 Å². The van der Waals surface area contributed by atoms with Gasteiger partial charge in [-0.2, -0.15) is 0 Å². The molecule has 3 heteroatoms. The van der Waals surface area contributed by atoms with E-state index >= 15 is 0 Å². The molecule has 0 radical (unpaired) electrons. The van der Waals surface area contributed by atoms with Crippen molar-refractivity contribution in [3.8, 4) is 11.5 Å². The van der Waals surface area contributed by atoms with Crippen LogP contribution in [0.5, 0.6) is 11.5 Å². The van der Waals surface area contributed by atoms with Gasteiger partial charge in [-0.05, 0) is 56.2 Å². The lowest BCUT2D eigenvalue weighted by Crippen LogP contribution is -2.20. The third kappa shape index (κ3) is 4.23. The van der Waals surface area contributed by atoms with Crippen molar-refractivity contribution in [2.75, 3.05) is 13.2 Å². The number of aryl methyl sites for hydroxylation is 2. The summed E-state index contributed by atoms with van der Waals surface area (Å²) in [7, 11) is 0. The van der Waals surface area contributed by atoms with Gasteiger partial charge in [-0.1, -0.05) is 23.8 Å². The second kappa shape index (κ2) is 7.14. The Bertz CT molecular complexity index is 578. The van der Waals surface area contributed by atoms with E-state index in [4.69, 9.17) is 15.2 Å². The number of ether oxygens (including phenoxy) is 2. The Morgan fingerprint density at radius 3 is 2.14 bits per heavy atom. The smallest absolute Gasteiger partial charge is 0.119 e. The van der Waals surface area contributed by atoms with Crippen LogP contribution in [0.4, 0.5) is 0 Å². The van der Waals surface area contributed by atoms with Gasteiger partial charge in [0.1, 0.15) is 18.1 Å². The van der Waals surface area contributed by atoms with Gasteiger partial charge in [0.15, 0.2) is 0 Å². The predicted octanol–water partition coefficient (Wildman–Crippen LogP) is 3.78. The van der Waals surface area contributed by atoms with E-state index in [9.17, 15) is 0 Å². The summed E-state index contributed by atoms with van der Waals surface area (Å²) in [4.78, 5) is 0. The maximum atomic E-state index is 6.22. The molecule has 0 aromatic heterocycles. The van der Waals surface area contributed by atoms with Crippen molar-refractivity contribution >= 4 is 0 Å². The van der Waals surface area contributed by atoms with E-state index in [1.165, 1.54) is 11.1 Å². The van der Waals surface area contributed by atoms with E-state index in [2.05, 4.69) is 32.0 Å². The minimum atomic E-state index is -0.128. The monoisotopic (exact) mass is 285 g/mol. The highest BCUT2D eigenvalue weighted by Gasteiger charge is 2.10. The standard InChI is InChI=1S/C18H23NO2/c1-4-20-15-6-8-16(9-7-15)21-12-18(19)17-10-5-13(2)11-14(17)3/h5-11,18H,4,12,19H2,1-3H3. The summed E-state index contributed by atoms with van der Waals surface area (Å²) in [5, 5.41) is 0. The minimum absolute atomic E-state index is 0.128. The fourth-order valence-corrected chi connectivity index (χ4v) is 2.32.